The maximum Gasteiger partial charge on any atom is 0.258 e. The van der Waals surface area contributed by atoms with Crippen LogP contribution < -0.4 is 11.1 Å². The molecule has 0 aliphatic rings. The van der Waals surface area contributed by atoms with Crippen molar-refractivity contribution in [1.29, 1.82) is 5.26 Å². The largest absolute Gasteiger partial charge is 0.398 e. The van der Waals surface area contributed by atoms with E-state index < -0.39 is 0 Å². The van der Waals surface area contributed by atoms with E-state index in [1.807, 2.05) is 30.3 Å². The molecule has 1 heterocycles. The molecule has 0 aliphatic carbocycles. The number of nitrogens with one attached hydrogen (secondary N) is 1. The Labute approximate surface area is 125 Å². The summed E-state index contributed by atoms with van der Waals surface area (Å²) in [5.74, 6) is -0.308. The van der Waals surface area contributed by atoms with Crippen LogP contribution in [0.25, 0.3) is 10.8 Å². The van der Waals surface area contributed by atoms with Gasteiger partial charge in [0.15, 0.2) is 0 Å². The van der Waals surface area contributed by atoms with Gasteiger partial charge in [-0.05, 0) is 34.4 Å². The molecule has 0 unspecified atom stereocenters. The van der Waals surface area contributed by atoms with Crippen molar-refractivity contribution in [2.45, 2.75) is 0 Å². The fourth-order valence-corrected chi connectivity index (χ4v) is 2.85. The zero-order valence-electron chi connectivity index (χ0n) is 11.0. The molecule has 3 N–H and O–H groups in total. The zero-order chi connectivity index (χ0) is 14.8. The molecule has 1 amide bonds. The van der Waals surface area contributed by atoms with Gasteiger partial charge in [0.1, 0.15) is 11.1 Å². The van der Waals surface area contributed by atoms with Crippen LogP contribution in [0.1, 0.15) is 15.9 Å². The van der Waals surface area contributed by atoms with Gasteiger partial charge in [-0.25, -0.2) is 0 Å². The molecule has 0 atom stereocenters. The minimum atomic E-state index is -0.308. The fraction of sp³-hybridized carbons (Fsp3) is 0. The van der Waals surface area contributed by atoms with Gasteiger partial charge in [0.05, 0.1) is 11.1 Å². The Morgan fingerprint density at radius 2 is 1.90 bits per heavy atom. The molecule has 0 spiro atoms. The van der Waals surface area contributed by atoms with Gasteiger partial charge < -0.3 is 11.1 Å². The van der Waals surface area contributed by atoms with E-state index in [1.165, 1.54) is 11.3 Å². The monoisotopic (exact) mass is 293 g/mol. The third-order valence-corrected chi connectivity index (χ3v) is 4.01. The van der Waals surface area contributed by atoms with Gasteiger partial charge in [0, 0.05) is 5.69 Å². The number of hydrogen-bond donors (Lipinski definition) is 2. The normalized spacial score (nSPS) is 10.2. The quantitative estimate of drug-likeness (QED) is 0.708. The predicted molar refractivity (Wildman–Crippen MR) is 85.3 cm³/mol. The molecule has 3 aromatic rings. The predicted octanol–water partition coefficient (Wildman–Crippen LogP) is 3.61. The summed E-state index contributed by atoms with van der Waals surface area (Å²) in [4.78, 5) is 12.4. The number of benzene rings is 2. The Morgan fingerprint density at radius 1 is 1.19 bits per heavy atom. The van der Waals surface area contributed by atoms with Crippen molar-refractivity contribution in [3.63, 3.8) is 0 Å². The summed E-state index contributed by atoms with van der Waals surface area (Å²) >= 11 is 1.31. The second kappa shape index (κ2) is 5.27. The van der Waals surface area contributed by atoms with Crippen molar-refractivity contribution in [1.82, 2.24) is 0 Å². The molecule has 0 aliphatic heterocycles. The zero-order valence-corrected chi connectivity index (χ0v) is 11.8. The first-order chi connectivity index (χ1) is 10.2. The number of thiophene rings is 1. The minimum Gasteiger partial charge on any atom is -0.398 e. The van der Waals surface area contributed by atoms with Crippen LogP contribution in [-0.4, -0.2) is 5.91 Å². The van der Waals surface area contributed by atoms with Crippen molar-refractivity contribution in [3.05, 3.63) is 59.0 Å². The Kier molecular flexibility index (Phi) is 3.30. The smallest absolute Gasteiger partial charge is 0.258 e. The highest BCUT2D eigenvalue weighted by Gasteiger charge is 2.13. The number of rotatable bonds is 2. The highest BCUT2D eigenvalue weighted by Crippen LogP contribution is 2.26. The third kappa shape index (κ3) is 2.45. The fourth-order valence-electron chi connectivity index (χ4n) is 2.12. The lowest BCUT2D eigenvalue weighted by Gasteiger charge is -2.08. The summed E-state index contributed by atoms with van der Waals surface area (Å²) in [5, 5.41) is 15.9. The first-order valence-electron chi connectivity index (χ1n) is 6.26. The lowest BCUT2D eigenvalue weighted by molar-refractivity contribution is 0.102. The Hall–Kier alpha value is -2.84. The van der Waals surface area contributed by atoms with Crippen LogP contribution in [0.4, 0.5) is 10.7 Å². The number of nitriles is 1. The van der Waals surface area contributed by atoms with Crippen LogP contribution in [0.3, 0.4) is 0 Å². The van der Waals surface area contributed by atoms with Gasteiger partial charge >= 0.3 is 0 Å². The molecule has 5 heteroatoms. The molecule has 1 aromatic heterocycles. The van der Waals surface area contributed by atoms with Crippen LogP contribution in [0.15, 0.2) is 47.8 Å². The number of nitrogens with two attached hydrogens (primary N) is 1. The van der Waals surface area contributed by atoms with Crippen molar-refractivity contribution in [2.75, 3.05) is 11.1 Å². The molecule has 0 saturated carbocycles. The van der Waals surface area contributed by atoms with Crippen molar-refractivity contribution in [3.8, 4) is 6.07 Å². The molecule has 0 fully saturated rings. The van der Waals surface area contributed by atoms with Crippen molar-refractivity contribution in [2.24, 2.45) is 0 Å². The van der Waals surface area contributed by atoms with Crippen molar-refractivity contribution < 1.29 is 4.79 Å². The van der Waals surface area contributed by atoms with Crippen LogP contribution >= 0.6 is 11.3 Å². The molecule has 0 saturated heterocycles. The van der Waals surface area contributed by atoms with E-state index >= 15 is 0 Å². The average molecular weight is 293 g/mol. The van der Waals surface area contributed by atoms with E-state index in [-0.39, 0.29) is 5.91 Å². The van der Waals surface area contributed by atoms with E-state index in [0.717, 1.165) is 10.8 Å². The molecular weight excluding hydrogens is 282 g/mol. The van der Waals surface area contributed by atoms with Crippen LogP contribution in [0, 0.1) is 11.3 Å². The topological polar surface area (TPSA) is 78.9 Å². The first kappa shape index (κ1) is 13.2. The summed E-state index contributed by atoms with van der Waals surface area (Å²) in [6.45, 7) is 0. The average Bonchev–Trinajstić information content (AvgIpc) is 2.93. The highest BCUT2D eigenvalue weighted by atomic mass is 32.1. The van der Waals surface area contributed by atoms with Crippen LogP contribution in [-0.2, 0) is 0 Å². The van der Waals surface area contributed by atoms with Crippen LogP contribution in [0.2, 0.25) is 0 Å². The van der Waals surface area contributed by atoms with Crippen molar-refractivity contribution >= 4 is 38.7 Å². The summed E-state index contributed by atoms with van der Waals surface area (Å²) in [6.07, 6.45) is 0. The number of carbonyl (C=O) groups excluding carboxylic acids is 1. The number of carbonyl (C=O) groups is 1. The van der Waals surface area contributed by atoms with Gasteiger partial charge in [-0.15, -0.1) is 11.3 Å². The molecule has 102 valence electrons. The molecule has 0 radical (unpaired) electrons. The second-order valence-electron chi connectivity index (χ2n) is 4.52. The number of hydrogen-bond acceptors (Lipinski definition) is 4. The summed E-state index contributed by atoms with van der Waals surface area (Å²) in [5.41, 5.74) is 7.24. The van der Waals surface area contributed by atoms with E-state index in [0.29, 0.717) is 21.8 Å². The van der Waals surface area contributed by atoms with E-state index in [1.54, 1.807) is 23.6 Å². The molecule has 3 rings (SSSR count). The van der Waals surface area contributed by atoms with Gasteiger partial charge in [0.2, 0.25) is 0 Å². The molecule has 4 nitrogen and oxygen atoms in total. The number of fused-ring (bicyclic) bond motifs is 1. The van der Waals surface area contributed by atoms with Crippen LogP contribution in [0.5, 0.6) is 0 Å². The lowest BCUT2D eigenvalue weighted by atomic mass is 10.0. The van der Waals surface area contributed by atoms with Gasteiger partial charge in [-0.3, -0.25) is 4.79 Å². The second-order valence-corrected chi connectivity index (χ2v) is 5.43. The minimum absolute atomic E-state index is 0.308. The van der Waals surface area contributed by atoms with Gasteiger partial charge in [-0.2, -0.15) is 5.26 Å². The Bertz CT molecular complexity index is 877. The van der Waals surface area contributed by atoms with Gasteiger partial charge in [0.25, 0.3) is 5.91 Å². The maximum absolute atomic E-state index is 12.4. The molecule has 2 aromatic carbocycles. The lowest BCUT2D eigenvalue weighted by Crippen LogP contribution is -2.13. The van der Waals surface area contributed by atoms with E-state index in [4.69, 9.17) is 11.0 Å². The number of anilines is 2. The Balaban J connectivity index is 1.98. The molecule has 0 bridgehead atoms. The number of amides is 1. The summed E-state index contributed by atoms with van der Waals surface area (Å²) in [6, 6.07) is 15.0. The first-order valence-corrected chi connectivity index (χ1v) is 7.14. The summed E-state index contributed by atoms with van der Waals surface area (Å²) < 4.78 is 0. The Morgan fingerprint density at radius 3 is 2.62 bits per heavy atom. The summed E-state index contributed by atoms with van der Waals surface area (Å²) in [7, 11) is 0. The molecule has 21 heavy (non-hydrogen) atoms. The highest BCUT2D eigenvalue weighted by molar-refractivity contribution is 7.14. The molecular formula is C16H11N3OS. The SMILES string of the molecule is N#Cc1ccsc1NC(=O)c1cc2ccccc2cc1N. The van der Waals surface area contributed by atoms with Gasteiger partial charge in [-0.1, -0.05) is 24.3 Å². The maximum atomic E-state index is 12.4. The number of nitrogens with zero attached hydrogens (tertiary/aromatic N) is 1. The number of nitrogen functional groups attached to an aromatic ring is 1. The van der Waals surface area contributed by atoms with E-state index in [9.17, 15) is 4.79 Å². The standard InChI is InChI=1S/C16H11N3OS/c17-9-12-5-6-21-16(12)19-15(20)13-7-10-3-1-2-4-11(10)8-14(13)18/h1-8H,18H2,(H,19,20). The third-order valence-electron chi connectivity index (χ3n) is 3.18. The van der Waals surface area contributed by atoms with E-state index in [2.05, 4.69) is 5.32 Å².